The Balaban J connectivity index is 1.63. The van der Waals surface area contributed by atoms with Crippen molar-refractivity contribution >= 4 is 43.7 Å². The Labute approximate surface area is 230 Å². The number of fused-ring (bicyclic) bond motifs is 1. The highest BCUT2D eigenvalue weighted by Gasteiger charge is 2.41. The van der Waals surface area contributed by atoms with E-state index in [1.807, 2.05) is 0 Å². The number of ether oxygens (including phenoxy) is 1. The Morgan fingerprint density at radius 2 is 1.76 bits per heavy atom. The number of nitrogens with zero attached hydrogens (tertiary/aromatic N) is 4. The summed E-state index contributed by atoms with van der Waals surface area (Å²) in [7, 11) is -2.28. The zero-order chi connectivity index (χ0) is 30.2. The Bertz CT molecular complexity index is 1560. The number of anilines is 2. The molecule has 0 spiro atoms. The highest BCUT2D eigenvalue weighted by molar-refractivity contribution is 7.95. The second-order valence-electron chi connectivity index (χ2n) is 9.45. The van der Waals surface area contributed by atoms with Gasteiger partial charge >= 0.3 is 12.4 Å². The number of benzene rings is 2. The smallest absolute Gasteiger partial charge is 0.406 e. The molecule has 0 radical (unpaired) electrons. The molecule has 222 valence electrons. The first kappa shape index (κ1) is 30.3. The topological polar surface area (TPSA) is 96.8 Å². The number of hydrogen-bond acceptors (Lipinski definition) is 7. The molecule has 0 saturated carbocycles. The molecule has 3 aromatic rings. The molecule has 0 aliphatic carbocycles. The Morgan fingerprint density at radius 1 is 1.10 bits per heavy atom. The number of hydrogen-bond donors (Lipinski definition) is 1. The van der Waals surface area contributed by atoms with Gasteiger partial charge in [0.2, 0.25) is 0 Å². The van der Waals surface area contributed by atoms with E-state index in [2.05, 4.69) is 19.6 Å². The molecule has 1 saturated heterocycles. The van der Waals surface area contributed by atoms with Crippen LogP contribution < -0.4 is 10.1 Å². The minimum absolute atomic E-state index is 0.0230. The van der Waals surface area contributed by atoms with Crippen LogP contribution in [0.1, 0.15) is 18.9 Å². The van der Waals surface area contributed by atoms with Crippen LogP contribution >= 0.6 is 0 Å². The first-order chi connectivity index (χ1) is 19.0. The number of halogens is 7. The van der Waals surface area contributed by atoms with Crippen LogP contribution in [0.2, 0.25) is 0 Å². The van der Waals surface area contributed by atoms with Gasteiger partial charge in [0.05, 0.1) is 26.6 Å². The molecule has 0 bridgehead atoms. The van der Waals surface area contributed by atoms with Crippen molar-refractivity contribution in [3.05, 3.63) is 48.0 Å². The summed E-state index contributed by atoms with van der Waals surface area (Å²) < 4.78 is 114. The van der Waals surface area contributed by atoms with Gasteiger partial charge in [0, 0.05) is 23.0 Å². The van der Waals surface area contributed by atoms with Crippen molar-refractivity contribution in [2.75, 3.05) is 29.9 Å². The molecular formula is C25H24F7N5O3S. The maximum absolute atomic E-state index is 14.1. The van der Waals surface area contributed by atoms with Crippen molar-refractivity contribution in [3.8, 4) is 5.75 Å². The van der Waals surface area contributed by atoms with Crippen LogP contribution in [-0.2, 0) is 14.5 Å². The quantitative estimate of drug-likeness (QED) is 0.314. The van der Waals surface area contributed by atoms with Crippen LogP contribution in [0.15, 0.2) is 41.0 Å². The molecular weight excluding hydrogens is 583 g/mol. The number of carbonyl (C=O) groups excluding carboxylic acids is 1. The zero-order valence-electron chi connectivity index (χ0n) is 21.6. The van der Waals surface area contributed by atoms with Crippen molar-refractivity contribution in [2.24, 2.45) is 4.36 Å². The van der Waals surface area contributed by atoms with E-state index in [-0.39, 0.29) is 17.3 Å². The van der Waals surface area contributed by atoms with Gasteiger partial charge in [-0.25, -0.2) is 18.6 Å². The van der Waals surface area contributed by atoms with Crippen LogP contribution in [-0.4, -0.2) is 68.0 Å². The first-order valence-electron chi connectivity index (χ1n) is 12.2. The zero-order valence-corrected chi connectivity index (χ0v) is 22.5. The summed E-state index contributed by atoms with van der Waals surface area (Å²) in [5, 5.41) is 3.42. The lowest BCUT2D eigenvalue weighted by Crippen LogP contribution is -2.48. The maximum atomic E-state index is 14.1. The molecule has 8 nitrogen and oxygen atoms in total. The van der Waals surface area contributed by atoms with E-state index >= 15 is 0 Å². The molecule has 1 aliphatic heterocycles. The minimum Gasteiger partial charge on any atom is -0.479 e. The summed E-state index contributed by atoms with van der Waals surface area (Å²) >= 11 is 0. The predicted molar refractivity (Wildman–Crippen MR) is 137 cm³/mol. The van der Waals surface area contributed by atoms with E-state index in [0.29, 0.717) is 33.7 Å². The van der Waals surface area contributed by atoms with Crippen LogP contribution in [0.5, 0.6) is 5.75 Å². The van der Waals surface area contributed by atoms with Crippen molar-refractivity contribution in [3.63, 3.8) is 0 Å². The number of nitrogens with one attached hydrogen (secondary N) is 1. The monoisotopic (exact) mass is 607 g/mol. The average molecular weight is 608 g/mol. The first-order valence-corrected chi connectivity index (χ1v) is 14.0. The third kappa shape index (κ3) is 7.74. The predicted octanol–water partition coefficient (Wildman–Crippen LogP) is 6.04. The van der Waals surface area contributed by atoms with E-state index < -0.39 is 57.9 Å². The summed E-state index contributed by atoms with van der Waals surface area (Å²) in [5.41, 5.74) is 1.58. The third-order valence-corrected chi connectivity index (χ3v) is 8.42. The lowest BCUT2D eigenvalue weighted by molar-refractivity contribution is -0.190. The standard InChI is InChI=1S/C25H24F7N5O3S/c1-14-8-17(36-41(39)6-3-7-41)10-19-21(14)22(34-13-33-19)35-18-5-4-16(26)9-20(18)40-15(2)23(38)37(11-24(27,28)29)12-25(30,31)32/h4-5,8-10,13,15H,3,6-7,11-12H2,1-2H3,(H,33,34,35)/t15-/m1/s1. The normalized spacial score (nSPS) is 15.6. The van der Waals surface area contributed by atoms with E-state index in [1.165, 1.54) is 12.4 Å². The van der Waals surface area contributed by atoms with E-state index in [0.717, 1.165) is 25.5 Å². The minimum atomic E-state index is -5.10. The average Bonchev–Trinajstić information content (AvgIpc) is 2.82. The molecule has 1 N–H and O–H groups in total. The van der Waals surface area contributed by atoms with E-state index in [1.54, 1.807) is 19.1 Å². The Kier molecular flexibility index (Phi) is 8.34. The fourth-order valence-corrected chi connectivity index (χ4v) is 5.62. The lowest BCUT2D eigenvalue weighted by atomic mass is 10.1. The number of amides is 1. The molecule has 2 aromatic carbocycles. The van der Waals surface area contributed by atoms with Crippen LogP contribution in [0.25, 0.3) is 10.9 Å². The second kappa shape index (κ2) is 11.3. The third-order valence-electron chi connectivity index (χ3n) is 6.02. The summed E-state index contributed by atoms with van der Waals surface area (Å²) in [6.45, 7) is -1.60. The fraction of sp³-hybridized carbons (Fsp3) is 0.400. The van der Waals surface area contributed by atoms with Gasteiger partial charge in [-0.05, 0) is 50.1 Å². The van der Waals surface area contributed by atoms with Crippen molar-refractivity contribution in [1.29, 1.82) is 0 Å². The molecule has 1 amide bonds. The summed E-state index contributed by atoms with van der Waals surface area (Å²) in [6.07, 6.45) is -9.99. The number of aromatic nitrogens is 2. The highest BCUT2D eigenvalue weighted by atomic mass is 32.2. The summed E-state index contributed by atoms with van der Waals surface area (Å²) in [4.78, 5) is 20.6. The van der Waals surface area contributed by atoms with Gasteiger partial charge in [0.15, 0.2) is 6.10 Å². The summed E-state index contributed by atoms with van der Waals surface area (Å²) in [6, 6.07) is 6.38. The van der Waals surface area contributed by atoms with Gasteiger partial charge in [-0.2, -0.15) is 30.7 Å². The van der Waals surface area contributed by atoms with Crippen molar-refractivity contribution in [2.45, 2.75) is 38.7 Å². The van der Waals surface area contributed by atoms with Gasteiger partial charge in [-0.1, -0.05) is 0 Å². The molecule has 1 aromatic heterocycles. The number of alkyl halides is 6. The van der Waals surface area contributed by atoms with E-state index in [9.17, 15) is 39.7 Å². The Hall–Kier alpha value is -3.69. The molecule has 2 heterocycles. The molecule has 4 rings (SSSR count). The second-order valence-corrected chi connectivity index (χ2v) is 12.0. The number of aryl methyl sites for hydroxylation is 1. The molecule has 1 atom stereocenters. The van der Waals surface area contributed by atoms with Crippen molar-refractivity contribution < 1.29 is 44.5 Å². The van der Waals surface area contributed by atoms with Gasteiger partial charge in [-0.3, -0.25) is 4.79 Å². The summed E-state index contributed by atoms with van der Waals surface area (Å²) in [5.74, 6) is -1.56. The molecule has 41 heavy (non-hydrogen) atoms. The van der Waals surface area contributed by atoms with Gasteiger partial charge in [0.1, 0.15) is 36.8 Å². The van der Waals surface area contributed by atoms with Gasteiger partial charge in [-0.15, -0.1) is 0 Å². The lowest BCUT2D eigenvalue weighted by Gasteiger charge is -2.28. The number of carbonyl (C=O) groups is 1. The Morgan fingerprint density at radius 3 is 2.34 bits per heavy atom. The van der Waals surface area contributed by atoms with Crippen LogP contribution in [0, 0.1) is 12.7 Å². The van der Waals surface area contributed by atoms with Crippen LogP contribution in [0.3, 0.4) is 0 Å². The van der Waals surface area contributed by atoms with Gasteiger partial charge in [0.25, 0.3) is 5.91 Å². The van der Waals surface area contributed by atoms with E-state index in [4.69, 9.17) is 4.74 Å². The molecule has 1 fully saturated rings. The molecule has 1 aliphatic rings. The van der Waals surface area contributed by atoms with Gasteiger partial charge < -0.3 is 15.0 Å². The van der Waals surface area contributed by atoms with Crippen molar-refractivity contribution in [1.82, 2.24) is 14.9 Å². The molecule has 0 unspecified atom stereocenters. The SMILES string of the molecule is Cc1cc(N=S2(=O)CCC2)cc2ncnc(Nc3ccc(F)cc3O[C@H](C)C(=O)N(CC(F)(F)F)CC(F)(F)F)c12. The largest absolute Gasteiger partial charge is 0.479 e. The number of rotatable bonds is 8. The van der Waals surface area contributed by atoms with Crippen LogP contribution in [0.4, 0.5) is 47.9 Å². The molecule has 16 heteroatoms. The maximum Gasteiger partial charge on any atom is 0.406 e. The fourth-order valence-electron chi connectivity index (χ4n) is 4.16. The highest BCUT2D eigenvalue weighted by Crippen LogP contribution is 2.35.